The molecule has 1 atom stereocenters. The molecule has 0 aromatic heterocycles. The van der Waals surface area contributed by atoms with Crippen LogP contribution in [0.25, 0.3) is 0 Å². The van der Waals surface area contributed by atoms with Crippen LogP contribution in [0.2, 0.25) is 0 Å². The summed E-state index contributed by atoms with van der Waals surface area (Å²) in [6.07, 6.45) is 0. The summed E-state index contributed by atoms with van der Waals surface area (Å²) in [4.78, 5) is 0. The van der Waals surface area contributed by atoms with Gasteiger partial charge in [-0.25, -0.2) is 4.21 Å². The zero-order chi connectivity index (χ0) is 10.9. The number of hydrogen-bond acceptors (Lipinski definition) is 1. The molecule has 0 aliphatic carbocycles. The van der Waals surface area contributed by atoms with Crippen LogP contribution in [0.3, 0.4) is 0 Å². The third kappa shape index (κ3) is 5.09. The third-order valence-electron chi connectivity index (χ3n) is 1.86. The second-order valence-electron chi connectivity index (χ2n) is 5.22. The molecule has 0 amide bonds. The Labute approximate surface area is 85.5 Å². The molecule has 1 N–H and O–H groups in total. The van der Waals surface area contributed by atoms with Crippen LogP contribution in [0.1, 0.15) is 41.5 Å². The standard InChI is InChI=1S/C9H21O2PS/c1-8(2,3)12(7-13(10)11)9(4,5)6/h7H2,1-6H3,(H,10,11). The molecule has 0 saturated heterocycles. The molecule has 0 aromatic carbocycles. The number of hydrogen-bond donors (Lipinski definition) is 1. The predicted molar refractivity (Wildman–Crippen MR) is 62.1 cm³/mol. The van der Waals surface area contributed by atoms with Gasteiger partial charge in [0.1, 0.15) is 0 Å². The van der Waals surface area contributed by atoms with Crippen molar-refractivity contribution in [2.45, 2.75) is 51.9 Å². The summed E-state index contributed by atoms with van der Waals surface area (Å²) in [5.74, 6) is 0. The molecule has 0 saturated carbocycles. The summed E-state index contributed by atoms with van der Waals surface area (Å²) < 4.78 is 19.8. The Bertz CT molecular complexity index is 177. The van der Waals surface area contributed by atoms with Crippen LogP contribution in [0, 0.1) is 0 Å². The summed E-state index contributed by atoms with van der Waals surface area (Å²) >= 11 is -1.66. The van der Waals surface area contributed by atoms with Gasteiger partial charge in [0.05, 0.1) is 5.49 Å². The minimum atomic E-state index is -1.66. The molecule has 0 aliphatic rings. The van der Waals surface area contributed by atoms with E-state index in [4.69, 9.17) is 4.55 Å². The fourth-order valence-corrected chi connectivity index (χ4v) is 7.50. The van der Waals surface area contributed by atoms with Crippen LogP contribution in [0.15, 0.2) is 0 Å². The monoisotopic (exact) mass is 224 g/mol. The maximum atomic E-state index is 10.8. The van der Waals surface area contributed by atoms with Gasteiger partial charge in [-0.2, -0.15) is 0 Å². The van der Waals surface area contributed by atoms with Gasteiger partial charge in [0.25, 0.3) is 0 Å². The maximum Gasteiger partial charge on any atom is 0.157 e. The fourth-order valence-electron chi connectivity index (χ4n) is 1.50. The minimum absolute atomic E-state index is 0.145. The largest absolute Gasteiger partial charge is 0.306 e. The Kier molecular flexibility index (Phi) is 4.56. The second kappa shape index (κ2) is 4.37. The molecule has 0 heterocycles. The lowest BCUT2D eigenvalue weighted by Crippen LogP contribution is -2.27. The molecule has 0 bridgehead atoms. The molecule has 0 radical (unpaired) electrons. The van der Waals surface area contributed by atoms with Gasteiger partial charge in [-0.05, 0) is 10.3 Å². The smallest absolute Gasteiger partial charge is 0.157 e. The highest BCUT2D eigenvalue weighted by molar-refractivity contribution is 7.89. The van der Waals surface area contributed by atoms with Crippen molar-refractivity contribution in [2.24, 2.45) is 0 Å². The first kappa shape index (κ1) is 13.5. The van der Waals surface area contributed by atoms with E-state index >= 15 is 0 Å². The Morgan fingerprint density at radius 1 is 1.08 bits per heavy atom. The third-order valence-corrected chi connectivity index (χ3v) is 7.01. The predicted octanol–water partition coefficient (Wildman–Crippen LogP) is 3.24. The van der Waals surface area contributed by atoms with Crippen molar-refractivity contribution < 1.29 is 8.76 Å². The highest BCUT2D eigenvalue weighted by Crippen LogP contribution is 2.59. The van der Waals surface area contributed by atoms with Crippen LogP contribution in [-0.4, -0.2) is 24.6 Å². The highest BCUT2D eigenvalue weighted by Gasteiger charge is 2.35. The van der Waals surface area contributed by atoms with E-state index in [1.54, 1.807) is 0 Å². The van der Waals surface area contributed by atoms with Gasteiger partial charge in [-0.3, -0.25) is 0 Å². The van der Waals surface area contributed by atoms with Gasteiger partial charge in [0, 0.05) is 0 Å². The summed E-state index contributed by atoms with van der Waals surface area (Å²) in [7, 11) is -0.432. The number of rotatable bonds is 2. The van der Waals surface area contributed by atoms with Crippen LogP contribution in [0.4, 0.5) is 0 Å². The zero-order valence-corrected chi connectivity index (χ0v) is 11.1. The van der Waals surface area contributed by atoms with E-state index < -0.39 is 19.0 Å². The molecule has 4 heteroatoms. The molecule has 0 rings (SSSR count). The summed E-state index contributed by atoms with van der Waals surface area (Å²) in [5.41, 5.74) is 0.433. The molecule has 1 unspecified atom stereocenters. The Morgan fingerprint density at radius 3 is 1.46 bits per heavy atom. The first-order chi connectivity index (χ1) is 5.55. The average Bonchev–Trinajstić information content (AvgIpc) is 1.77. The normalized spacial score (nSPS) is 16.3. The van der Waals surface area contributed by atoms with Crippen LogP contribution >= 0.6 is 7.92 Å². The van der Waals surface area contributed by atoms with Crippen molar-refractivity contribution in [1.29, 1.82) is 0 Å². The van der Waals surface area contributed by atoms with Crippen LogP contribution < -0.4 is 0 Å². The lowest BCUT2D eigenvalue weighted by atomic mass is 10.2. The van der Waals surface area contributed by atoms with E-state index in [1.807, 2.05) is 0 Å². The Balaban J connectivity index is 4.68. The van der Waals surface area contributed by atoms with E-state index in [-0.39, 0.29) is 10.3 Å². The molecule has 80 valence electrons. The van der Waals surface area contributed by atoms with Crippen molar-refractivity contribution >= 4 is 19.0 Å². The van der Waals surface area contributed by atoms with Gasteiger partial charge >= 0.3 is 0 Å². The molecule has 13 heavy (non-hydrogen) atoms. The lowest BCUT2D eigenvalue weighted by Gasteiger charge is -2.40. The van der Waals surface area contributed by atoms with Crippen molar-refractivity contribution in [2.75, 3.05) is 5.49 Å². The van der Waals surface area contributed by atoms with Crippen molar-refractivity contribution in [3.8, 4) is 0 Å². The highest BCUT2D eigenvalue weighted by atomic mass is 32.2. The first-order valence-electron chi connectivity index (χ1n) is 4.40. The van der Waals surface area contributed by atoms with E-state index in [2.05, 4.69) is 41.5 Å². The molecule has 0 spiro atoms. The van der Waals surface area contributed by atoms with E-state index in [9.17, 15) is 4.21 Å². The fraction of sp³-hybridized carbons (Fsp3) is 1.00. The van der Waals surface area contributed by atoms with Gasteiger partial charge < -0.3 is 4.55 Å². The van der Waals surface area contributed by atoms with E-state index in [0.29, 0.717) is 5.49 Å². The quantitative estimate of drug-likeness (QED) is 0.577. The SMILES string of the molecule is CC(C)(C)P(CS(=O)O)C(C)(C)C. The van der Waals surface area contributed by atoms with Crippen molar-refractivity contribution in [3.05, 3.63) is 0 Å². The molecular weight excluding hydrogens is 203 g/mol. The Hall–Kier alpha value is 0.540. The topological polar surface area (TPSA) is 37.3 Å². The maximum absolute atomic E-state index is 10.8. The van der Waals surface area contributed by atoms with Gasteiger partial charge in [-0.1, -0.05) is 49.5 Å². The minimum Gasteiger partial charge on any atom is -0.306 e. The lowest BCUT2D eigenvalue weighted by molar-refractivity contribution is 0.568. The summed E-state index contributed by atoms with van der Waals surface area (Å²) in [6.45, 7) is 12.9. The van der Waals surface area contributed by atoms with E-state index in [1.165, 1.54) is 0 Å². The molecule has 2 nitrogen and oxygen atoms in total. The zero-order valence-electron chi connectivity index (χ0n) is 9.42. The van der Waals surface area contributed by atoms with Crippen LogP contribution in [-0.2, 0) is 11.1 Å². The first-order valence-corrected chi connectivity index (χ1v) is 7.20. The van der Waals surface area contributed by atoms with Crippen molar-refractivity contribution in [1.82, 2.24) is 0 Å². The molecule has 0 fully saturated rings. The second-order valence-corrected chi connectivity index (χ2v) is 10.4. The summed E-state index contributed by atoms with van der Waals surface area (Å²) in [6, 6.07) is 0. The van der Waals surface area contributed by atoms with Gasteiger partial charge in [0.2, 0.25) is 0 Å². The average molecular weight is 224 g/mol. The van der Waals surface area contributed by atoms with Gasteiger partial charge in [0.15, 0.2) is 11.1 Å². The Morgan fingerprint density at radius 2 is 1.38 bits per heavy atom. The van der Waals surface area contributed by atoms with Gasteiger partial charge in [-0.15, -0.1) is 0 Å². The summed E-state index contributed by atoms with van der Waals surface area (Å²) in [5, 5.41) is 0.290. The van der Waals surface area contributed by atoms with Crippen molar-refractivity contribution in [3.63, 3.8) is 0 Å². The van der Waals surface area contributed by atoms with E-state index in [0.717, 1.165) is 0 Å². The molecule has 0 aromatic rings. The molecular formula is C9H21O2PS. The molecule has 0 aliphatic heterocycles. The van der Waals surface area contributed by atoms with Crippen LogP contribution in [0.5, 0.6) is 0 Å².